The molecule has 1 nitrogen and oxygen atoms in total. The Morgan fingerprint density at radius 2 is 0.906 bits per heavy atom. The summed E-state index contributed by atoms with van der Waals surface area (Å²) >= 11 is 0. The van der Waals surface area contributed by atoms with Crippen LogP contribution in [0.5, 0.6) is 0 Å². The number of benzene rings is 11. The number of hydrogen-bond acceptors (Lipinski definition) is 0. The van der Waals surface area contributed by atoms with Crippen LogP contribution in [0.3, 0.4) is 0 Å². The van der Waals surface area contributed by atoms with Gasteiger partial charge in [0.25, 0.3) is 0 Å². The van der Waals surface area contributed by atoms with E-state index in [0.29, 0.717) is 0 Å². The Labute approximate surface area is 372 Å². The van der Waals surface area contributed by atoms with E-state index in [1.165, 1.54) is 121 Å². The fourth-order valence-electron chi connectivity index (χ4n) is 12.1. The van der Waals surface area contributed by atoms with Crippen molar-refractivity contribution in [2.75, 3.05) is 0 Å². The summed E-state index contributed by atoms with van der Waals surface area (Å²) in [6, 6.07) is 86.9. The Kier molecular flexibility index (Phi) is 7.50. The highest BCUT2D eigenvalue weighted by Gasteiger charge is 2.50. The zero-order chi connectivity index (χ0) is 41.9. The molecule has 64 heavy (non-hydrogen) atoms. The summed E-state index contributed by atoms with van der Waals surface area (Å²) in [6.45, 7) is 0. The lowest BCUT2D eigenvalue weighted by atomic mass is 9.65. The Hall–Kier alpha value is -8.00. The van der Waals surface area contributed by atoms with Crippen molar-refractivity contribution in [2.45, 2.75) is 17.8 Å². The standard InChI is InChI=1S/C63H41N/c1-2-15-41(16-3-1)42-30-32-43(33-31-42)53(37-40-29-35-49-47-19-5-4-17-45(47)46-18-6-7-20-48(46)54(49)38-40)44-34-36-57-55(39-44)50-21-8-10-24-56(50)63(57)58-25-11-13-28-61(58)64-60-27-12-9-22-51(60)52-23-14-26-59(63)62(52)64/h1-36,38-39,53H,37H2. The highest BCUT2D eigenvalue weighted by molar-refractivity contribution is 6.25. The predicted octanol–water partition coefficient (Wildman–Crippen LogP) is 16.0. The van der Waals surface area contributed by atoms with Crippen molar-refractivity contribution in [3.63, 3.8) is 0 Å². The molecule has 1 aliphatic carbocycles. The van der Waals surface area contributed by atoms with E-state index in [1.54, 1.807) is 0 Å². The number of aromatic nitrogens is 1. The molecule has 0 amide bonds. The predicted molar refractivity (Wildman–Crippen MR) is 268 cm³/mol. The van der Waals surface area contributed by atoms with Crippen molar-refractivity contribution in [2.24, 2.45) is 0 Å². The Morgan fingerprint density at radius 1 is 0.344 bits per heavy atom. The SMILES string of the molecule is c1ccc(-c2ccc(C(Cc3ccc4c5ccccc5c5ccccc5c4c3)c3ccc4c(c3)-c3ccccc3C43c4ccccc4-n4c5ccccc5c5cccc3c54)cc2)cc1. The van der Waals surface area contributed by atoms with Gasteiger partial charge in [-0.3, -0.25) is 0 Å². The molecule has 1 spiro atoms. The van der Waals surface area contributed by atoms with Crippen LogP contribution >= 0.6 is 0 Å². The lowest BCUT2D eigenvalue weighted by Gasteiger charge is -2.39. The average molecular weight is 812 g/mol. The van der Waals surface area contributed by atoms with Gasteiger partial charge in [-0.25, -0.2) is 0 Å². The topological polar surface area (TPSA) is 4.93 Å². The van der Waals surface area contributed by atoms with Crippen LogP contribution in [0.4, 0.5) is 0 Å². The molecule has 2 unspecified atom stereocenters. The number of rotatable bonds is 5. The van der Waals surface area contributed by atoms with Gasteiger partial charge in [0, 0.05) is 16.7 Å². The Balaban J connectivity index is 0.985. The number of hydrogen-bond donors (Lipinski definition) is 0. The summed E-state index contributed by atoms with van der Waals surface area (Å²) < 4.78 is 2.53. The smallest absolute Gasteiger partial charge is 0.0754 e. The molecule has 11 aromatic carbocycles. The maximum absolute atomic E-state index is 2.55. The van der Waals surface area contributed by atoms with Crippen molar-refractivity contribution < 1.29 is 0 Å². The van der Waals surface area contributed by atoms with Gasteiger partial charge in [-0.2, -0.15) is 0 Å². The number of para-hydroxylation sites is 3. The largest absolute Gasteiger partial charge is 0.309 e. The third-order valence-corrected chi connectivity index (χ3v) is 14.8. The molecule has 0 N–H and O–H groups in total. The first kappa shape index (κ1) is 35.6. The molecule has 12 aromatic rings. The summed E-state index contributed by atoms with van der Waals surface area (Å²) in [7, 11) is 0. The van der Waals surface area contributed by atoms with Crippen molar-refractivity contribution in [3.8, 4) is 27.9 Å². The summed E-state index contributed by atoms with van der Waals surface area (Å²) in [6.07, 6.45) is 0.871. The van der Waals surface area contributed by atoms with E-state index in [-0.39, 0.29) is 5.92 Å². The second kappa shape index (κ2) is 13.5. The summed E-state index contributed by atoms with van der Waals surface area (Å²) in [5.74, 6) is 0.118. The minimum absolute atomic E-state index is 0.118. The molecule has 1 heteroatoms. The molecule has 2 aliphatic rings. The highest BCUT2D eigenvalue weighted by Crippen LogP contribution is 2.61. The lowest BCUT2D eigenvalue weighted by Crippen LogP contribution is -2.33. The van der Waals surface area contributed by atoms with Gasteiger partial charge in [-0.1, -0.05) is 218 Å². The molecular weight excluding hydrogens is 771 g/mol. The Morgan fingerprint density at radius 3 is 1.69 bits per heavy atom. The average Bonchev–Trinajstić information content (AvgIpc) is 3.86. The van der Waals surface area contributed by atoms with Crippen molar-refractivity contribution >= 4 is 54.1 Å². The number of nitrogens with zero attached hydrogens (tertiary/aromatic N) is 1. The summed E-state index contributed by atoms with van der Waals surface area (Å²) in [5.41, 5.74) is 17.8. The molecule has 0 radical (unpaired) electrons. The van der Waals surface area contributed by atoms with Crippen LogP contribution < -0.4 is 0 Å². The molecular formula is C63H41N. The van der Waals surface area contributed by atoms with Gasteiger partial charge in [-0.05, 0) is 112 Å². The van der Waals surface area contributed by atoms with Gasteiger partial charge in [0.05, 0.1) is 22.1 Å². The van der Waals surface area contributed by atoms with Gasteiger partial charge >= 0.3 is 0 Å². The van der Waals surface area contributed by atoms with Crippen LogP contribution in [-0.2, 0) is 11.8 Å². The maximum Gasteiger partial charge on any atom is 0.0754 e. The molecule has 0 saturated carbocycles. The van der Waals surface area contributed by atoms with E-state index in [2.05, 4.69) is 235 Å². The maximum atomic E-state index is 2.55. The fourth-order valence-corrected chi connectivity index (χ4v) is 12.1. The van der Waals surface area contributed by atoms with Crippen molar-refractivity contribution in [3.05, 3.63) is 269 Å². The molecule has 2 atom stereocenters. The van der Waals surface area contributed by atoms with Crippen molar-refractivity contribution in [1.29, 1.82) is 0 Å². The van der Waals surface area contributed by atoms with Crippen LogP contribution in [0.25, 0.3) is 82.1 Å². The van der Waals surface area contributed by atoms with E-state index in [9.17, 15) is 0 Å². The monoisotopic (exact) mass is 811 g/mol. The van der Waals surface area contributed by atoms with Crippen LogP contribution in [0.1, 0.15) is 44.9 Å². The van der Waals surface area contributed by atoms with Gasteiger partial charge in [0.1, 0.15) is 0 Å². The molecule has 1 aromatic heterocycles. The summed E-state index contributed by atoms with van der Waals surface area (Å²) in [4.78, 5) is 0. The molecule has 0 saturated heterocycles. The minimum Gasteiger partial charge on any atom is -0.309 e. The molecule has 1 aliphatic heterocycles. The Bertz CT molecular complexity index is 3840. The first-order valence-electron chi connectivity index (χ1n) is 22.6. The third kappa shape index (κ3) is 4.84. The van der Waals surface area contributed by atoms with E-state index < -0.39 is 5.41 Å². The highest BCUT2D eigenvalue weighted by atomic mass is 15.0. The second-order valence-electron chi connectivity index (χ2n) is 17.9. The zero-order valence-electron chi connectivity index (χ0n) is 35.2. The second-order valence-corrected chi connectivity index (χ2v) is 17.9. The van der Waals surface area contributed by atoms with Gasteiger partial charge in [0.15, 0.2) is 0 Å². The zero-order valence-corrected chi connectivity index (χ0v) is 35.2. The fraction of sp³-hybridized carbons (Fsp3) is 0.0476. The van der Waals surface area contributed by atoms with Crippen LogP contribution in [0.15, 0.2) is 231 Å². The number of fused-ring (bicyclic) bond motifs is 18. The molecule has 298 valence electrons. The van der Waals surface area contributed by atoms with Crippen LogP contribution in [0.2, 0.25) is 0 Å². The van der Waals surface area contributed by atoms with Gasteiger partial charge in [0.2, 0.25) is 0 Å². The first-order chi connectivity index (χ1) is 31.8. The van der Waals surface area contributed by atoms with Gasteiger partial charge < -0.3 is 4.57 Å². The molecule has 0 fully saturated rings. The summed E-state index contributed by atoms with van der Waals surface area (Å²) in [5, 5.41) is 10.5. The van der Waals surface area contributed by atoms with Crippen LogP contribution in [-0.4, -0.2) is 4.57 Å². The molecule has 2 heterocycles. The van der Waals surface area contributed by atoms with Gasteiger partial charge in [-0.15, -0.1) is 0 Å². The third-order valence-electron chi connectivity index (χ3n) is 14.8. The first-order valence-corrected chi connectivity index (χ1v) is 22.6. The van der Waals surface area contributed by atoms with Crippen LogP contribution in [0, 0.1) is 0 Å². The lowest BCUT2D eigenvalue weighted by molar-refractivity contribution is 0.746. The van der Waals surface area contributed by atoms with Crippen molar-refractivity contribution in [1.82, 2.24) is 4.57 Å². The molecule has 14 rings (SSSR count). The minimum atomic E-state index is -0.472. The van der Waals surface area contributed by atoms with E-state index in [4.69, 9.17) is 0 Å². The normalized spacial score (nSPS) is 15.2. The van der Waals surface area contributed by atoms with E-state index in [1.807, 2.05) is 0 Å². The molecule has 0 bridgehead atoms. The van der Waals surface area contributed by atoms with E-state index in [0.717, 1.165) is 6.42 Å². The van der Waals surface area contributed by atoms with E-state index >= 15 is 0 Å². The quantitative estimate of drug-likeness (QED) is 0.153.